The lowest BCUT2D eigenvalue weighted by Crippen LogP contribution is -2.39. The maximum absolute atomic E-state index is 6.19. The van der Waals surface area contributed by atoms with Gasteiger partial charge in [0.15, 0.2) is 0 Å². The maximum atomic E-state index is 6.19. The minimum atomic E-state index is 0.231. The molecule has 2 atom stereocenters. The first-order valence-electron chi connectivity index (χ1n) is 6.91. The van der Waals surface area contributed by atoms with E-state index >= 15 is 0 Å². The van der Waals surface area contributed by atoms with Gasteiger partial charge in [-0.15, -0.1) is 0 Å². The van der Waals surface area contributed by atoms with Crippen molar-refractivity contribution < 1.29 is 0 Å². The van der Waals surface area contributed by atoms with E-state index < -0.39 is 0 Å². The lowest BCUT2D eigenvalue weighted by molar-refractivity contribution is 0.232. The Labute approximate surface area is 107 Å². The predicted octanol–water partition coefficient (Wildman–Crippen LogP) is 1.63. The number of likely N-dealkylation sites (tertiary alicyclic amines) is 1. The van der Waals surface area contributed by atoms with E-state index in [1.165, 1.54) is 26.1 Å². The summed E-state index contributed by atoms with van der Waals surface area (Å²) in [6.45, 7) is 11.5. The summed E-state index contributed by atoms with van der Waals surface area (Å²) in [5, 5.41) is 0. The monoisotopic (exact) mass is 241 g/mol. The van der Waals surface area contributed by atoms with Crippen LogP contribution >= 0.6 is 0 Å². The summed E-state index contributed by atoms with van der Waals surface area (Å²) in [6.07, 6.45) is 2.45. The Morgan fingerprint density at radius 2 is 2.06 bits per heavy atom. The third-order valence-electron chi connectivity index (χ3n) is 3.99. The molecule has 1 fully saturated rings. The Hall–Kier alpha value is -0.120. The summed E-state index contributed by atoms with van der Waals surface area (Å²) < 4.78 is 0. The zero-order valence-electron chi connectivity index (χ0n) is 12.4. The van der Waals surface area contributed by atoms with Crippen LogP contribution in [0, 0.1) is 11.3 Å². The molecular weight excluding hydrogens is 210 g/mol. The summed E-state index contributed by atoms with van der Waals surface area (Å²) in [4.78, 5) is 4.88. The van der Waals surface area contributed by atoms with Crippen LogP contribution in [0.25, 0.3) is 0 Å². The zero-order chi connectivity index (χ0) is 13.1. The lowest BCUT2D eigenvalue weighted by Gasteiger charge is -2.29. The molecule has 102 valence electrons. The van der Waals surface area contributed by atoms with Crippen molar-refractivity contribution in [3.8, 4) is 0 Å². The third kappa shape index (κ3) is 5.36. The molecule has 3 heteroatoms. The molecule has 17 heavy (non-hydrogen) atoms. The molecular formula is C14H31N3. The van der Waals surface area contributed by atoms with E-state index in [9.17, 15) is 0 Å². The van der Waals surface area contributed by atoms with Crippen LogP contribution < -0.4 is 5.73 Å². The number of nitrogens with zero attached hydrogens (tertiary/aromatic N) is 2. The minimum Gasteiger partial charge on any atom is -0.327 e. The van der Waals surface area contributed by atoms with Crippen LogP contribution in [0.5, 0.6) is 0 Å². The van der Waals surface area contributed by atoms with Crippen LogP contribution in [0.3, 0.4) is 0 Å². The van der Waals surface area contributed by atoms with E-state index in [1.807, 2.05) is 0 Å². The minimum absolute atomic E-state index is 0.231. The van der Waals surface area contributed by atoms with Gasteiger partial charge < -0.3 is 15.5 Å². The van der Waals surface area contributed by atoms with E-state index in [-0.39, 0.29) is 5.41 Å². The van der Waals surface area contributed by atoms with Crippen LogP contribution in [0.1, 0.15) is 33.6 Å². The Bertz CT molecular complexity index is 222. The van der Waals surface area contributed by atoms with Crippen molar-refractivity contribution >= 4 is 0 Å². The quantitative estimate of drug-likeness (QED) is 0.794. The van der Waals surface area contributed by atoms with Gasteiger partial charge in [-0.1, -0.05) is 20.8 Å². The van der Waals surface area contributed by atoms with Gasteiger partial charge in [0.2, 0.25) is 0 Å². The van der Waals surface area contributed by atoms with Crippen molar-refractivity contribution in [1.29, 1.82) is 0 Å². The highest BCUT2D eigenvalue weighted by Gasteiger charge is 2.23. The second-order valence-electron chi connectivity index (χ2n) is 6.94. The molecule has 1 rings (SSSR count). The molecule has 0 aromatic carbocycles. The standard InChI is InChI=1S/C14H31N3/c1-14(2,3)13(15)7-9-17(5)11-12-6-8-16(4)10-12/h12-13H,6-11,15H2,1-5H3. The van der Waals surface area contributed by atoms with Crippen molar-refractivity contribution in [2.75, 3.05) is 40.3 Å². The van der Waals surface area contributed by atoms with E-state index in [0.29, 0.717) is 6.04 Å². The van der Waals surface area contributed by atoms with Crippen LogP contribution in [-0.2, 0) is 0 Å². The molecule has 0 aromatic rings. The van der Waals surface area contributed by atoms with E-state index in [1.54, 1.807) is 0 Å². The molecule has 2 unspecified atom stereocenters. The normalized spacial score (nSPS) is 24.5. The maximum Gasteiger partial charge on any atom is 0.00998 e. The fourth-order valence-corrected chi connectivity index (χ4v) is 2.50. The van der Waals surface area contributed by atoms with Crippen molar-refractivity contribution in [2.24, 2.45) is 17.1 Å². The molecule has 1 saturated heterocycles. The zero-order valence-corrected chi connectivity index (χ0v) is 12.4. The van der Waals surface area contributed by atoms with Gasteiger partial charge in [0.1, 0.15) is 0 Å². The molecule has 1 heterocycles. The Morgan fingerprint density at radius 3 is 2.53 bits per heavy atom. The van der Waals surface area contributed by atoms with Gasteiger partial charge in [-0.3, -0.25) is 0 Å². The molecule has 0 bridgehead atoms. The Morgan fingerprint density at radius 1 is 1.41 bits per heavy atom. The molecule has 1 aliphatic rings. The van der Waals surface area contributed by atoms with Crippen LogP contribution in [0.4, 0.5) is 0 Å². The van der Waals surface area contributed by atoms with Crippen molar-refractivity contribution in [1.82, 2.24) is 9.80 Å². The molecule has 0 aliphatic carbocycles. The van der Waals surface area contributed by atoms with Crippen molar-refractivity contribution in [3.63, 3.8) is 0 Å². The van der Waals surface area contributed by atoms with Crippen molar-refractivity contribution in [3.05, 3.63) is 0 Å². The second kappa shape index (κ2) is 6.17. The summed E-state index contributed by atoms with van der Waals surface area (Å²) in [6, 6.07) is 0.302. The van der Waals surface area contributed by atoms with Crippen LogP contribution in [0.15, 0.2) is 0 Å². The van der Waals surface area contributed by atoms with Gasteiger partial charge in [0, 0.05) is 19.1 Å². The molecule has 3 nitrogen and oxygen atoms in total. The first kappa shape index (κ1) is 14.9. The molecule has 0 radical (unpaired) electrons. The number of hydrogen-bond acceptors (Lipinski definition) is 3. The van der Waals surface area contributed by atoms with Crippen LogP contribution in [-0.4, -0.2) is 56.1 Å². The van der Waals surface area contributed by atoms with Gasteiger partial charge in [-0.25, -0.2) is 0 Å². The Kier molecular flexibility index (Phi) is 5.42. The summed E-state index contributed by atoms with van der Waals surface area (Å²) >= 11 is 0. The van der Waals surface area contributed by atoms with E-state index in [4.69, 9.17) is 5.73 Å². The second-order valence-corrected chi connectivity index (χ2v) is 6.94. The number of hydrogen-bond donors (Lipinski definition) is 1. The largest absolute Gasteiger partial charge is 0.327 e. The topological polar surface area (TPSA) is 32.5 Å². The van der Waals surface area contributed by atoms with E-state index in [0.717, 1.165) is 18.9 Å². The van der Waals surface area contributed by atoms with Crippen molar-refractivity contribution in [2.45, 2.75) is 39.7 Å². The van der Waals surface area contributed by atoms with Gasteiger partial charge in [-0.2, -0.15) is 0 Å². The average Bonchev–Trinajstić information content (AvgIpc) is 2.58. The molecule has 0 saturated carbocycles. The highest BCUT2D eigenvalue weighted by atomic mass is 15.1. The molecule has 1 aliphatic heterocycles. The molecule has 0 spiro atoms. The SMILES string of the molecule is CN1CCC(CN(C)CCC(N)C(C)(C)C)C1. The summed E-state index contributed by atoms with van der Waals surface area (Å²) in [5.41, 5.74) is 6.42. The fraction of sp³-hybridized carbons (Fsp3) is 1.00. The predicted molar refractivity (Wildman–Crippen MR) is 75.1 cm³/mol. The van der Waals surface area contributed by atoms with Gasteiger partial charge in [0.05, 0.1) is 0 Å². The third-order valence-corrected chi connectivity index (χ3v) is 3.99. The van der Waals surface area contributed by atoms with Gasteiger partial charge in [0.25, 0.3) is 0 Å². The molecule has 2 N–H and O–H groups in total. The Balaban J connectivity index is 2.19. The highest BCUT2D eigenvalue weighted by Crippen LogP contribution is 2.20. The highest BCUT2D eigenvalue weighted by molar-refractivity contribution is 4.79. The summed E-state index contributed by atoms with van der Waals surface area (Å²) in [7, 11) is 4.45. The smallest absolute Gasteiger partial charge is 0.00998 e. The first-order chi connectivity index (χ1) is 7.79. The first-order valence-corrected chi connectivity index (χ1v) is 6.91. The molecule has 0 aromatic heterocycles. The molecule has 0 amide bonds. The van der Waals surface area contributed by atoms with Gasteiger partial charge >= 0.3 is 0 Å². The average molecular weight is 241 g/mol. The van der Waals surface area contributed by atoms with E-state index in [2.05, 4.69) is 44.7 Å². The van der Waals surface area contributed by atoms with Gasteiger partial charge in [-0.05, 0) is 51.4 Å². The number of rotatable bonds is 5. The number of nitrogens with two attached hydrogens (primary N) is 1. The van der Waals surface area contributed by atoms with Crippen LogP contribution in [0.2, 0.25) is 0 Å². The lowest BCUT2D eigenvalue weighted by atomic mass is 9.85. The summed E-state index contributed by atoms with van der Waals surface area (Å²) in [5.74, 6) is 0.857. The fourth-order valence-electron chi connectivity index (χ4n) is 2.50.